The lowest BCUT2D eigenvalue weighted by atomic mass is 9.96. The number of aliphatic carboxylic acids is 1. The van der Waals surface area contributed by atoms with E-state index in [4.69, 9.17) is 28.3 Å². The third-order valence-corrected chi connectivity index (χ3v) is 3.67. The molecule has 1 saturated heterocycles. The van der Waals surface area contributed by atoms with Gasteiger partial charge >= 0.3 is 5.97 Å². The van der Waals surface area contributed by atoms with E-state index in [1.165, 1.54) is 6.08 Å². The van der Waals surface area contributed by atoms with Crippen LogP contribution in [0.4, 0.5) is 0 Å². The van der Waals surface area contributed by atoms with Crippen LogP contribution in [0.3, 0.4) is 0 Å². The number of rotatable bonds is 4. The van der Waals surface area contributed by atoms with Crippen molar-refractivity contribution in [2.75, 3.05) is 13.1 Å². The van der Waals surface area contributed by atoms with Crippen LogP contribution in [0.5, 0.6) is 0 Å². The van der Waals surface area contributed by atoms with Gasteiger partial charge in [-0.15, -0.1) is 0 Å². The lowest BCUT2D eigenvalue weighted by Crippen LogP contribution is -2.49. The average molecular weight is 314 g/mol. The van der Waals surface area contributed by atoms with E-state index >= 15 is 0 Å². The molecule has 0 radical (unpaired) electrons. The molecular weight excluding hydrogens is 301 g/mol. The highest BCUT2D eigenvalue weighted by Crippen LogP contribution is 2.23. The molecule has 0 unspecified atom stereocenters. The normalized spacial score (nSPS) is 15.4. The SMILES string of the molecule is O=C(O)CC1CN(C(=O)C=Cc2cc(Cl)ccc2Cl)C1. The monoisotopic (exact) mass is 313 g/mol. The molecule has 1 aliphatic rings. The standard InChI is InChI=1S/C14H13Cl2NO3/c15-11-2-3-12(16)10(6-11)1-4-13(18)17-7-9(8-17)5-14(19)20/h1-4,6,9H,5,7-8H2,(H,19,20). The second-order valence-electron chi connectivity index (χ2n) is 4.71. The molecule has 0 spiro atoms. The first-order valence-electron chi connectivity index (χ1n) is 6.09. The van der Waals surface area contributed by atoms with Crippen molar-refractivity contribution in [2.45, 2.75) is 6.42 Å². The molecule has 0 atom stereocenters. The second-order valence-corrected chi connectivity index (χ2v) is 5.55. The Labute approximate surface area is 126 Å². The summed E-state index contributed by atoms with van der Waals surface area (Å²) in [7, 11) is 0. The second kappa shape index (κ2) is 6.29. The minimum atomic E-state index is -0.830. The lowest BCUT2D eigenvalue weighted by Gasteiger charge is -2.37. The van der Waals surface area contributed by atoms with Gasteiger partial charge in [-0.1, -0.05) is 23.2 Å². The van der Waals surface area contributed by atoms with Crippen LogP contribution >= 0.6 is 23.2 Å². The molecule has 0 bridgehead atoms. The van der Waals surface area contributed by atoms with E-state index < -0.39 is 5.97 Å². The highest BCUT2D eigenvalue weighted by molar-refractivity contribution is 6.34. The zero-order chi connectivity index (χ0) is 14.7. The summed E-state index contributed by atoms with van der Waals surface area (Å²) in [5.74, 6) is -0.925. The van der Waals surface area contributed by atoms with Crippen LogP contribution in [0.25, 0.3) is 6.08 Å². The summed E-state index contributed by atoms with van der Waals surface area (Å²) < 4.78 is 0. The van der Waals surface area contributed by atoms with Gasteiger partial charge in [-0.3, -0.25) is 9.59 Å². The first kappa shape index (κ1) is 14.9. The Morgan fingerprint density at radius 2 is 2.05 bits per heavy atom. The lowest BCUT2D eigenvalue weighted by molar-refractivity contribution is -0.143. The molecule has 1 aromatic rings. The molecule has 4 nitrogen and oxygen atoms in total. The van der Waals surface area contributed by atoms with Gasteiger partial charge in [0.1, 0.15) is 0 Å². The Kier molecular flexibility index (Phi) is 4.68. The summed E-state index contributed by atoms with van der Waals surface area (Å²) in [5, 5.41) is 9.71. The third-order valence-electron chi connectivity index (χ3n) is 3.10. The molecule has 1 N–H and O–H groups in total. The van der Waals surface area contributed by atoms with Crippen LogP contribution in [0.1, 0.15) is 12.0 Å². The molecule has 1 aromatic carbocycles. The maximum Gasteiger partial charge on any atom is 0.303 e. The van der Waals surface area contributed by atoms with Gasteiger partial charge in [0, 0.05) is 35.1 Å². The number of benzene rings is 1. The van der Waals surface area contributed by atoms with Gasteiger partial charge in [0.05, 0.1) is 6.42 Å². The summed E-state index contributed by atoms with van der Waals surface area (Å²) in [6.07, 6.45) is 3.14. The molecule has 106 valence electrons. The minimum absolute atomic E-state index is 0.0552. The van der Waals surface area contributed by atoms with Crippen molar-refractivity contribution in [2.24, 2.45) is 5.92 Å². The van der Waals surface area contributed by atoms with Gasteiger partial charge in [-0.25, -0.2) is 0 Å². The largest absolute Gasteiger partial charge is 0.481 e. The molecule has 20 heavy (non-hydrogen) atoms. The number of hydrogen-bond donors (Lipinski definition) is 1. The highest BCUT2D eigenvalue weighted by Gasteiger charge is 2.30. The zero-order valence-corrected chi connectivity index (χ0v) is 12.1. The summed E-state index contributed by atoms with van der Waals surface area (Å²) in [4.78, 5) is 24.0. The van der Waals surface area contributed by atoms with E-state index in [2.05, 4.69) is 0 Å². The third kappa shape index (κ3) is 3.74. The summed E-state index contributed by atoms with van der Waals surface area (Å²) >= 11 is 11.8. The van der Waals surface area contributed by atoms with Crippen LogP contribution in [0, 0.1) is 5.92 Å². The highest BCUT2D eigenvalue weighted by atomic mass is 35.5. The molecule has 2 rings (SSSR count). The maximum absolute atomic E-state index is 11.8. The Morgan fingerprint density at radius 1 is 1.35 bits per heavy atom. The number of halogens is 2. The van der Waals surface area contributed by atoms with Crippen molar-refractivity contribution in [3.05, 3.63) is 39.9 Å². The van der Waals surface area contributed by atoms with Crippen molar-refractivity contribution in [1.29, 1.82) is 0 Å². The average Bonchev–Trinajstić information content (AvgIpc) is 2.33. The topological polar surface area (TPSA) is 57.6 Å². The van der Waals surface area contributed by atoms with Crippen LogP contribution in [-0.2, 0) is 9.59 Å². The Balaban J connectivity index is 1.91. The number of carboxylic acids is 1. The fourth-order valence-corrected chi connectivity index (χ4v) is 2.40. The maximum atomic E-state index is 11.8. The molecule has 1 heterocycles. The van der Waals surface area contributed by atoms with Crippen molar-refractivity contribution >= 4 is 41.2 Å². The molecule has 0 saturated carbocycles. The van der Waals surface area contributed by atoms with Crippen LogP contribution in [0.15, 0.2) is 24.3 Å². The van der Waals surface area contributed by atoms with Gasteiger partial charge in [0.15, 0.2) is 0 Å². The van der Waals surface area contributed by atoms with Gasteiger partial charge in [0.25, 0.3) is 0 Å². The fourth-order valence-electron chi connectivity index (χ4n) is 2.03. The van der Waals surface area contributed by atoms with Crippen LogP contribution in [-0.4, -0.2) is 35.0 Å². The number of carbonyl (C=O) groups is 2. The van der Waals surface area contributed by atoms with E-state index in [0.717, 1.165) is 0 Å². The first-order valence-corrected chi connectivity index (χ1v) is 6.85. The zero-order valence-electron chi connectivity index (χ0n) is 10.6. The van der Waals surface area contributed by atoms with Crippen molar-refractivity contribution in [1.82, 2.24) is 4.90 Å². The molecule has 1 fully saturated rings. The molecule has 0 aromatic heterocycles. The Morgan fingerprint density at radius 3 is 2.70 bits per heavy atom. The summed E-state index contributed by atoms with van der Waals surface area (Å²) in [6, 6.07) is 5.02. The number of amides is 1. The summed E-state index contributed by atoms with van der Waals surface area (Å²) in [6.45, 7) is 0.970. The van der Waals surface area contributed by atoms with E-state index in [0.29, 0.717) is 28.7 Å². The van der Waals surface area contributed by atoms with Gasteiger partial charge < -0.3 is 10.0 Å². The minimum Gasteiger partial charge on any atom is -0.481 e. The quantitative estimate of drug-likeness (QED) is 0.869. The van der Waals surface area contributed by atoms with Crippen molar-refractivity contribution in [3.63, 3.8) is 0 Å². The Bertz CT molecular complexity index is 566. The number of nitrogens with zero attached hydrogens (tertiary/aromatic N) is 1. The van der Waals surface area contributed by atoms with Gasteiger partial charge in [0.2, 0.25) is 5.91 Å². The number of hydrogen-bond acceptors (Lipinski definition) is 2. The Hall–Kier alpha value is -1.52. The smallest absolute Gasteiger partial charge is 0.303 e. The number of likely N-dealkylation sites (tertiary alicyclic amines) is 1. The summed E-state index contributed by atoms with van der Waals surface area (Å²) in [5.41, 5.74) is 0.676. The number of carbonyl (C=O) groups excluding carboxylic acids is 1. The fraction of sp³-hybridized carbons (Fsp3) is 0.286. The van der Waals surface area contributed by atoms with E-state index in [1.54, 1.807) is 29.2 Å². The molecule has 6 heteroatoms. The first-order chi connectivity index (χ1) is 9.45. The van der Waals surface area contributed by atoms with Crippen molar-refractivity contribution < 1.29 is 14.7 Å². The van der Waals surface area contributed by atoms with E-state index in [9.17, 15) is 9.59 Å². The molecule has 0 aliphatic carbocycles. The number of carboxylic acid groups (broad SMARTS) is 1. The van der Waals surface area contributed by atoms with E-state index in [1.807, 2.05) is 0 Å². The predicted octanol–water partition coefficient (Wildman–Crippen LogP) is 2.94. The van der Waals surface area contributed by atoms with Crippen LogP contribution in [0.2, 0.25) is 10.0 Å². The molecular formula is C14H13Cl2NO3. The van der Waals surface area contributed by atoms with Crippen LogP contribution < -0.4 is 0 Å². The molecule has 1 amide bonds. The molecule has 1 aliphatic heterocycles. The van der Waals surface area contributed by atoms with Crippen molar-refractivity contribution in [3.8, 4) is 0 Å². The van der Waals surface area contributed by atoms with Gasteiger partial charge in [-0.2, -0.15) is 0 Å². The predicted molar refractivity (Wildman–Crippen MR) is 77.8 cm³/mol. The van der Waals surface area contributed by atoms with E-state index in [-0.39, 0.29) is 18.2 Å². The van der Waals surface area contributed by atoms with Gasteiger partial charge in [-0.05, 0) is 29.8 Å².